The molecule has 2 aliphatic rings. The number of hydrogen-bond acceptors (Lipinski definition) is 3. The predicted octanol–water partition coefficient (Wildman–Crippen LogP) is 1.54. The molecule has 1 amide bonds. The lowest BCUT2D eigenvalue weighted by molar-refractivity contribution is -0.139. The summed E-state index contributed by atoms with van der Waals surface area (Å²) in [7, 11) is 0. The van der Waals surface area contributed by atoms with Crippen molar-refractivity contribution in [3.8, 4) is 0 Å². The first kappa shape index (κ1) is 14.5. The molecule has 1 unspecified atom stereocenters. The van der Waals surface area contributed by atoms with Gasteiger partial charge in [0, 0.05) is 19.6 Å². The van der Waals surface area contributed by atoms with Crippen LogP contribution in [-0.2, 0) is 16.0 Å². The first-order valence-electron chi connectivity index (χ1n) is 7.93. The van der Waals surface area contributed by atoms with Gasteiger partial charge in [0.2, 0.25) is 5.91 Å². The number of rotatable bonds is 5. The molecule has 114 valence electrons. The summed E-state index contributed by atoms with van der Waals surface area (Å²) in [4.78, 5) is 14.4. The van der Waals surface area contributed by atoms with Crippen LogP contribution in [0.1, 0.15) is 29.9 Å². The number of nitrogens with zero attached hydrogens (tertiary/aromatic N) is 1. The minimum atomic E-state index is -0.116. The highest BCUT2D eigenvalue weighted by Gasteiger charge is 2.26. The Morgan fingerprint density at radius 2 is 1.90 bits per heavy atom. The molecule has 1 saturated heterocycles. The fourth-order valence-electron chi connectivity index (χ4n) is 2.94. The molecule has 4 nitrogen and oxygen atoms in total. The zero-order chi connectivity index (χ0) is 14.7. The number of hydrogen-bond donors (Lipinski definition) is 1. The standard InChI is InChI=1S/C17H24N2O2/c18-12-16(17(20)19-7-9-21-10-8-19)11-13-1-3-14(4-2-13)15-5-6-15/h1-4,15-16H,5-12,18H2. The SMILES string of the molecule is NCC(Cc1ccc(C2CC2)cc1)C(=O)N1CCOCC1. The molecular weight excluding hydrogens is 264 g/mol. The van der Waals surface area contributed by atoms with Crippen LogP contribution in [0, 0.1) is 5.92 Å². The van der Waals surface area contributed by atoms with E-state index < -0.39 is 0 Å². The first-order valence-corrected chi connectivity index (χ1v) is 7.93. The summed E-state index contributed by atoms with van der Waals surface area (Å²) in [5.74, 6) is 0.835. The highest BCUT2D eigenvalue weighted by atomic mass is 16.5. The maximum Gasteiger partial charge on any atom is 0.227 e. The number of benzene rings is 1. The fraction of sp³-hybridized carbons (Fsp3) is 0.588. The Morgan fingerprint density at radius 3 is 2.48 bits per heavy atom. The van der Waals surface area contributed by atoms with Gasteiger partial charge in [-0.1, -0.05) is 24.3 Å². The molecule has 1 aliphatic heterocycles. The molecule has 2 N–H and O–H groups in total. The molecule has 4 heteroatoms. The van der Waals surface area contributed by atoms with E-state index in [1.54, 1.807) is 0 Å². The van der Waals surface area contributed by atoms with Crippen LogP contribution in [0.5, 0.6) is 0 Å². The number of ether oxygens (including phenoxy) is 1. The van der Waals surface area contributed by atoms with Crippen LogP contribution in [0.25, 0.3) is 0 Å². The third-order valence-corrected chi connectivity index (χ3v) is 4.47. The lowest BCUT2D eigenvalue weighted by Crippen LogP contribution is -2.45. The maximum absolute atomic E-state index is 12.5. The minimum absolute atomic E-state index is 0.116. The molecule has 0 radical (unpaired) electrons. The van der Waals surface area contributed by atoms with Crippen molar-refractivity contribution in [2.24, 2.45) is 11.7 Å². The van der Waals surface area contributed by atoms with Crippen LogP contribution in [-0.4, -0.2) is 43.7 Å². The van der Waals surface area contributed by atoms with E-state index in [4.69, 9.17) is 10.5 Å². The van der Waals surface area contributed by atoms with Gasteiger partial charge in [-0.3, -0.25) is 4.79 Å². The van der Waals surface area contributed by atoms with Crippen LogP contribution >= 0.6 is 0 Å². The van der Waals surface area contributed by atoms with Crippen LogP contribution < -0.4 is 5.73 Å². The van der Waals surface area contributed by atoms with Crippen LogP contribution in [0.2, 0.25) is 0 Å². The van der Waals surface area contributed by atoms with Crippen molar-refractivity contribution in [2.75, 3.05) is 32.8 Å². The van der Waals surface area contributed by atoms with Gasteiger partial charge in [0.25, 0.3) is 0 Å². The molecule has 0 bridgehead atoms. The maximum atomic E-state index is 12.5. The van der Waals surface area contributed by atoms with Gasteiger partial charge >= 0.3 is 0 Å². The summed E-state index contributed by atoms with van der Waals surface area (Å²) >= 11 is 0. The third-order valence-electron chi connectivity index (χ3n) is 4.47. The molecule has 0 aromatic heterocycles. The lowest BCUT2D eigenvalue weighted by atomic mass is 9.96. The molecule has 1 aliphatic carbocycles. The van der Waals surface area contributed by atoms with Crippen molar-refractivity contribution in [1.82, 2.24) is 4.90 Å². The van der Waals surface area contributed by atoms with Crippen LogP contribution in [0.4, 0.5) is 0 Å². The minimum Gasteiger partial charge on any atom is -0.378 e. The Kier molecular flexibility index (Phi) is 4.56. The number of nitrogens with two attached hydrogens (primary N) is 1. The quantitative estimate of drug-likeness (QED) is 0.894. The zero-order valence-corrected chi connectivity index (χ0v) is 12.5. The molecule has 0 spiro atoms. The predicted molar refractivity (Wildman–Crippen MR) is 82.1 cm³/mol. The molecule has 1 atom stereocenters. The van der Waals surface area contributed by atoms with E-state index in [9.17, 15) is 4.79 Å². The second-order valence-corrected chi connectivity index (χ2v) is 6.09. The Bertz CT molecular complexity index is 476. The van der Waals surface area contributed by atoms with Crippen LogP contribution in [0.3, 0.4) is 0 Å². The lowest BCUT2D eigenvalue weighted by Gasteiger charge is -2.30. The van der Waals surface area contributed by atoms with E-state index in [0.717, 1.165) is 12.3 Å². The van der Waals surface area contributed by atoms with Gasteiger partial charge in [0.1, 0.15) is 0 Å². The number of carbonyl (C=O) groups is 1. The molecule has 1 aromatic carbocycles. The molecule has 1 heterocycles. The monoisotopic (exact) mass is 288 g/mol. The van der Waals surface area contributed by atoms with Gasteiger partial charge in [-0.05, 0) is 36.3 Å². The average Bonchev–Trinajstić information content (AvgIpc) is 3.38. The second kappa shape index (κ2) is 6.58. The largest absolute Gasteiger partial charge is 0.378 e. The van der Waals surface area contributed by atoms with Gasteiger partial charge in [0.15, 0.2) is 0 Å². The molecule has 1 aromatic rings. The molecule has 1 saturated carbocycles. The zero-order valence-electron chi connectivity index (χ0n) is 12.5. The summed E-state index contributed by atoms with van der Waals surface area (Å²) in [6, 6.07) is 8.73. The van der Waals surface area contributed by atoms with E-state index in [-0.39, 0.29) is 11.8 Å². The van der Waals surface area contributed by atoms with Crippen molar-refractivity contribution in [2.45, 2.75) is 25.2 Å². The highest BCUT2D eigenvalue weighted by molar-refractivity contribution is 5.79. The van der Waals surface area contributed by atoms with Crippen molar-refractivity contribution >= 4 is 5.91 Å². The van der Waals surface area contributed by atoms with E-state index in [0.29, 0.717) is 32.8 Å². The molecular formula is C17H24N2O2. The normalized spacial score (nSPS) is 20.3. The Morgan fingerprint density at radius 1 is 1.24 bits per heavy atom. The Balaban J connectivity index is 1.61. The van der Waals surface area contributed by atoms with Gasteiger partial charge in [-0.25, -0.2) is 0 Å². The topological polar surface area (TPSA) is 55.6 Å². The van der Waals surface area contributed by atoms with Crippen molar-refractivity contribution in [3.05, 3.63) is 35.4 Å². The number of morpholine rings is 1. The van der Waals surface area contributed by atoms with Crippen LogP contribution in [0.15, 0.2) is 24.3 Å². The summed E-state index contributed by atoms with van der Waals surface area (Å²) < 4.78 is 5.30. The summed E-state index contributed by atoms with van der Waals surface area (Å²) in [6.45, 7) is 3.06. The van der Waals surface area contributed by atoms with E-state index in [1.165, 1.54) is 24.0 Å². The van der Waals surface area contributed by atoms with Crippen molar-refractivity contribution in [3.63, 3.8) is 0 Å². The summed E-state index contributed by atoms with van der Waals surface area (Å²) in [6.07, 6.45) is 3.37. The smallest absolute Gasteiger partial charge is 0.227 e. The summed E-state index contributed by atoms with van der Waals surface area (Å²) in [5, 5.41) is 0. The number of carbonyl (C=O) groups excluding carboxylic acids is 1. The fourth-order valence-corrected chi connectivity index (χ4v) is 2.94. The van der Waals surface area contributed by atoms with Gasteiger partial charge in [-0.2, -0.15) is 0 Å². The first-order chi connectivity index (χ1) is 10.3. The third kappa shape index (κ3) is 3.63. The Labute approximate surface area is 126 Å². The Hall–Kier alpha value is -1.39. The highest BCUT2D eigenvalue weighted by Crippen LogP contribution is 2.39. The van der Waals surface area contributed by atoms with E-state index in [2.05, 4.69) is 24.3 Å². The summed E-state index contributed by atoms with van der Waals surface area (Å²) in [5.41, 5.74) is 8.48. The van der Waals surface area contributed by atoms with Crippen molar-refractivity contribution in [1.29, 1.82) is 0 Å². The average molecular weight is 288 g/mol. The number of amides is 1. The van der Waals surface area contributed by atoms with Gasteiger partial charge in [-0.15, -0.1) is 0 Å². The molecule has 21 heavy (non-hydrogen) atoms. The van der Waals surface area contributed by atoms with E-state index >= 15 is 0 Å². The van der Waals surface area contributed by atoms with Crippen molar-refractivity contribution < 1.29 is 9.53 Å². The van der Waals surface area contributed by atoms with E-state index in [1.807, 2.05) is 4.90 Å². The second-order valence-electron chi connectivity index (χ2n) is 6.09. The molecule has 2 fully saturated rings. The van der Waals surface area contributed by atoms with Gasteiger partial charge in [0.05, 0.1) is 19.1 Å². The van der Waals surface area contributed by atoms with Gasteiger partial charge < -0.3 is 15.4 Å². The molecule has 3 rings (SSSR count).